The molecule has 8 nitrogen and oxygen atoms in total. The maximum Gasteiger partial charge on any atom is 0.272 e. The zero-order valence-electron chi connectivity index (χ0n) is 17.7. The SMILES string of the molecule is O=C(NC(=S)Nc1cccc(Oc2ccccc2)c1)c1ccc(C(=O)N2CCOCC2)nc1. The highest BCUT2D eigenvalue weighted by Crippen LogP contribution is 2.23. The second kappa shape index (κ2) is 10.7. The number of hydrogen-bond donors (Lipinski definition) is 2. The van der Waals surface area contributed by atoms with Crippen LogP contribution in [0.5, 0.6) is 11.5 Å². The van der Waals surface area contributed by atoms with E-state index in [-0.39, 0.29) is 16.7 Å². The van der Waals surface area contributed by atoms with Crippen LogP contribution in [0.4, 0.5) is 5.69 Å². The van der Waals surface area contributed by atoms with Gasteiger partial charge in [0.05, 0.1) is 18.8 Å². The van der Waals surface area contributed by atoms with E-state index >= 15 is 0 Å². The van der Waals surface area contributed by atoms with Crippen LogP contribution < -0.4 is 15.4 Å². The molecule has 9 heteroatoms. The Hall–Kier alpha value is -3.82. The van der Waals surface area contributed by atoms with Gasteiger partial charge in [-0.15, -0.1) is 0 Å². The van der Waals surface area contributed by atoms with E-state index in [2.05, 4.69) is 15.6 Å². The molecule has 4 rings (SSSR count). The van der Waals surface area contributed by atoms with E-state index in [4.69, 9.17) is 21.7 Å². The summed E-state index contributed by atoms with van der Waals surface area (Å²) >= 11 is 5.26. The Morgan fingerprint density at radius 1 is 0.970 bits per heavy atom. The molecular weight excluding hydrogens is 440 g/mol. The van der Waals surface area contributed by atoms with Crippen LogP contribution in [-0.2, 0) is 4.74 Å². The summed E-state index contributed by atoms with van der Waals surface area (Å²) in [4.78, 5) is 30.8. The number of carbonyl (C=O) groups excluding carboxylic acids is 2. The molecule has 0 saturated carbocycles. The molecule has 3 aromatic rings. The van der Waals surface area contributed by atoms with Crippen molar-refractivity contribution < 1.29 is 19.1 Å². The molecule has 0 atom stereocenters. The number of aromatic nitrogens is 1. The van der Waals surface area contributed by atoms with Crippen molar-refractivity contribution in [1.29, 1.82) is 0 Å². The summed E-state index contributed by atoms with van der Waals surface area (Å²) < 4.78 is 11.1. The van der Waals surface area contributed by atoms with Crippen molar-refractivity contribution in [3.8, 4) is 11.5 Å². The molecule has 0 radical (unpaired) electrons. The molecule has 1 aliphatic rings. The number of morpholine rings is 1. The summed E-state index contributed by atoms with van der Waals surface area (Å²) in [6, 6.07) is 19.7. The highest BCUT2D eigenvalue weighted by molar-refractivity contribution is 7.80. The highest BCUT2D eigenvalue weighted by atomic mass is 32.1. The number of pyridine rings is 1. The third-order valence-corrected chi connectivity index (χ3v) is 5.05. The zero-order valence-corrected chi connectivity index (χ0v) is 18.5. The number of anilines is 1. The minimum absolute atomic E-state index is 0.130. The zero-order chi connectivity index (χ0) is 23.0. The first-order valence-corrected chi connectivity index (χ1v) is 10.8. The average molecular weight is 463 g/mol. The smallest absolute Gasteiger partial charge is 0.272 e. The molecule has 0 aliphatic carbocycles. The Morgan fingerprint density at radius 3 is 2.45 bits per heavy atom. The second-order valence-electron chi connectivity index (χ2n) is 7.19. The molecule has 1 saturated heterocycles. The van der Waals surface area contributed by atoms with Crippen molar-refractivity contribution in [2.45, 2.75) is 0 Å². The summed E-state index contributed by atoms with van der Waals surface area (Å²) in [6.45, 7) is 2.08. The number of nitrogens with one attached hydrogen (secondary N) is 2. The number of benzene rings is 2. The van der Waals surface area contributed by atoms with Gasteiger partial charge in [-0.3, -0.25) is 19.9 Å². The largest absolute Gasteiger partial charge is 0.457 e. The third-order valence-electron chi connectivity index (χ3n) is 4.84. The fraction of sp³-hybridized carbons (Fsp3) is 0.167. The van der Waals surface area contributed by atoms with Gasteiger partial charge in [0.25, 0.3) is 11.8 Å². The highest BCUT2D eigenvalue weighted by Gasteiger charge is 2.20. The standard InChI is InChI=1S/C24H22N4O4S/c29-22(17-9-10-21(25-16-17)23(30)28-11-13-31-14-12-28)27-24(33)26-18-5-4-8-20(15-18)32-19-6-2-1-3-7-19/h1-10,15-16H,11-14H2,(H2,26,27,29,33). The molecule has 168 valence electrons. The molecular formula is C24H22N4O4S. The molecule has 0 spiro atoms. The molecule has 0 bridgehead atoms. The maximum absolute atomic E-state index is 12.5. The van der Waals surface area contributed by atoms with Crippen molar-refractivity contribution >= 4 is 34.8 Å². The Kier molecular flexibility index (Phi) is 7.23. The predicted molar refractivity (Wildman–Crippen MR) is 128 cm³/mol. The van der Waals surface area contributed by atoms with E-state index in [0.29, 0.717) is 49.1 Å². The number of hydrogen-bond acceptors (Lipinski definition) is 6. The molecule has 1 fully saturated rings. The number of nitrogens with zero attached hydrogens (tertiary/aromatic N) is 2. The van der Waals surface area contributed by atoms with Crippen LogP contribution in [0.2, 0.25) is 0 Å². The van der Waals surface area contributed by atoms with Gasteiger partial charge in [0, 0.05) is 31.0 Å². The van der Waals surface area contributed by atoms with Gasteiger partial charge in [0.1, 0.15) is 17.2 Å². The minimum Gasteiger partial charge on any atom is -0.457 e. The lowest BCUT2D eigenvalue weighted by Gasteiger charge is -2.26. The number of amides is 2. The second-order valence-corrected chi connectivity index (χ2v) is 7.60. The number of thiocarbonyl (C=S) groups is 1. The van der Waals surface area contributed by atoms with Gasteiger partial charge in [0.15, 0.2) is 5.11 Å². The molecule has 33 heavy (non-hydrogen) atoms. The van der Waals surface area contributed by atoms with Gasteiger partial charge in [-0.1, -0.05) is 24.3 Å². The van der Waals surface area contributed by atoms with Crippen LogP contribution >= 0.6 is 12.2 Å². The Balaban J connectivity index is 1.32. The molecule has 2 aromatic carbocycles. The van der Waals surface area contributed by atoms with Crippen molar-refractivity contribution in [2.75, 3.05) is 31.6 Å². The van der Waals surface area contributed by atoms with Crippen LogP contribution in [0.1, 0.15) is 20.8 Å². The van der Waals surface area contributed by atoms with Gasteiger partial charge in [-0.2, -0.15) is 0 Å². The topological polar surface area (TPSA) is 92.8 Å². The van der Waals surface area contributed by atoms with E-state index < -0.39 is 5.91 Å². The Bertz CT molecular complexity index is 1130. The lowest BCUT2D eigenvalue weighted by atomic mass is 10.2. The lowest BCUT2D eigenvalue weighted by molar-refractivity contribution is 0.0299. The molecule has 1 aromatic heterocycles. The van der Waals surface area contributed by atoms with Gasteiger partial charge in [0.2, 0.25) is 0 Å². The van der Waals surface area contributed by atoms with Crippen molar-refractivity contribution in [3.05, 3.63) is 84.2 Å². The van der Waals surface area contributed by atoms with Gasteiger partial charge < -0.3 is 19.7 Å². The van der Waals surface area contributed by atoms with E-state index in [9.17, 15) is 9.59 Å². The summed E-state index contributed by atoms with van der Waals surface area (Å²) in [7, 11) is 0. The fourth-order valence-electron chi connectivity index (χ4n) is 3.18. The summed E-state index contributed by atoms with van der Waals surface area (Å²) in [5.74, 6) is 0.737. The first-order valence-electron chi connectivity index (χ1n) is 10.4. The van der Waals surface area contributed by atoms with E-state index in [0.717, 1.165) is 0 Å². The van der Waals surface area contributed by atoms with Gasteiger partial charge in [-0.25, -0.2) is 0 Å². The summed E-state index contributed by atoms with van der Waals surface area (Å²) in [5.41, 5.74) is 1.24. The molecule has 2 heterocycles. The Morgan fingerprint density at radius 2 is 1.73 bits per heavy atom. The molecule has 2 amide bonds. The van der Waals surface area contributed by atoms with Crippen LogP contribution in [0.25, 0.3) is 0 Å². The van der Waals surface area contributed by atoms with Crippen molar-refractivity contribution in [1.82, 2.24) is 15.2 Å². The van der Waals surface area contributed by atoms with E-state index in [1.807, 2.05) is 48.5 Å². The van der Waals surface area contributed by atoms with Gasteiger partial charge in [-0.05, 0) is 48.6 Å². The predicted octanol–water partition coefficient (Wildman–Crippen LogP) is 3.47. The van der Waals surface area contributed by atoms with Crippen molar-refractivity contribution in [2.24, 2.45) is 0 Å². The van der Waals surface area contributed by atoms with E-state index in [1.165, 1.54) is 12.3 Å². The number of para-hydroxylation sites is 1. The number of carbonyl (C=O) groups is 2. The Labute approximate surface area is 196 Å². The normalized spacial score (nSPS) is 13.2. The molecule has 0 unspecified atom stereocenters. The molecule has 2 N–H and O–H groups in total. The monoisotopic (exact) mass is 462 g/mol. The minimum atomic E-state index is -0.429. The van der Waals surface area contributed by atoms with Crippen LogP contribution in [-0.4, -0.2) is 53.1 Å². The third kappa shape index (κ3) is 6.12. The van der Waals surface area contributed by atoms with Crippen molar-refractivity contribution in [3.63, 3.8) is 0 Å². The first kappa shape index (κ1) is 22.4. The quantitative estimate of drug-likeness (QED) is 0.561. The summed E-state index contributed by atoms with van der Waals surface area (Å²) in [6.07, 6.45) is 1.36. The average Bonchev–Trinajstić information content (AvgIpc) is 2.85. The van der Waals surface area contributed by atoms with Crippen LogP contribution in [0, 0.1) is 0 Å². The number of ether oxygens (including phenoxy) is 2. The van der Waals surface area contributed by atoms with E-state index in [1.54, 1.807) is 17.0 Å². The fourth-order valence-corrected chi connectivity index (χ4v) is 3.39. The molecule has 1 aliphatic heterocycles. The van der Waals surface area contributed by atoms with Gasteiger partial charge >= 0.3 is 0 Å². The summed E-state index contributed by atoms with van der Waals surface area (Å²) in [5, 5.41) is 5.71. The first-order chi connectivity index (χ1) is 16.1. The number of rotatable bonds is 5. The lowest BCUT2D eigenvalue weighted by Crippen LogP contribution is -2.41. The van der Waals surface area contributed by atoms with Crippen LogP contribution in [0.3, 0.4) is 0 Å². The maximum atomic E-state index is 12.5. The van der Waals surface area contributed by atoms with Crippen LogP contribution in [0.15, 0.2) is 72.9 Å².